The zero-order valence-corrected chi connectivity index (χ0v) is 9.70. The van der Waals surface area contributed by atoms with E-state index in [2.05, 4.69) is 23.1 Å². The average molecular weight is 202 g/mol. The van der Waals surface area contributed by atoms with Crippen LogP contribution in [-0.4, -0.2) is 18.5 Å². The van der Waals surface area contributed by atoms with Gasteiger partial charge in [-0.3, -0.25) is 0 Å². The molecule has 15 heavy (non-hydrogen) atoms. The smallest absolute Gasteiger partial charge is 0.0697 e. The topological polar surface area (TPSA) is 27.0 Å². The lowest BCUT2D eigenvalue weighted by molar-refractivity contribution is 0.249. The molecule has 0 aliphatic heterocycles. The van der Waals surface area contributed by atoms with Crippen molar-refractivity contribution in [1.29, 1.82) is 5.26 Å². The first-order chi connectivity index (χ1) is 7.03. The highest BCUT2D eigenvalue weighted by molar-refractivity contribution is 5.14. The molecule has 1 aromatic rings. The highest BCUT2D eigenvalue weighted by Crippen LogP contribution is 2.15. The van der Waals surface area contributed by atoms with Crippen LogP contribution in [0.2, 0.25) is 0 Å². The molecule has 0 N–H and O–H groups in total. The van der Waals surface area contributed by atoms with E-state index in [1.165, 1.54) is 5.56 Å². The Labute approximate surface area is 92.1 Å². The summed E-state index contributed by atoms with van der Waals surface area (Å²) in [7, 11) is 2.05. The lowest BCUT2D eigenvalue weighted by Gasteiger charge is -2.24. The number of nitriles is 1. The van der Waals surface area contributed by atoms with Crippen LogP contribution < -0.4 is 0 Å². The van der Waals surface area contributed by atoms with E-state index in [1.54, 1.807) is 0 Å². The van der Waals surface area contributed by atoms with Gasteiger partial charge in [-0.05, 0) is 26.5 Å². The maximum Gasteiger partial charge on any atom is 0.0697 e. The number of hydrogen-bond donors (Lipinski definition) is 0. The van der Waals surface area contributed by atoms with E-state index in [0.717, 1.165) is 13.1 Å². The van der Waals surface area contributed by atoms with Crippen LogP contribution in [0, 0.1) is 16.7 Å². The fraction of sp³-hybridized carbons (Fsp3) is 0.462. The first-order valence-electron chi connectivity index (χ1n) is 5.17. The maximum absolute atomic E-state index is 8.93. The van der Waals surface area contributed by atoms with Gasteiger partial charge in [0.25, 0.3) is 0 Å². The van der Waals surface area contributed by atoms with Gasteiger partial charge in [-0.1, -0.05) is 30.3 Å². The maximum atomic E-state index is 8.93. The highest BCUT2D eigenvalue weighted by Gasteiger charge is 2.18. The molecule has 0 aliphatic rings. The van der Waals surface area contributed by atoms with E-state index in [-0.39, 0.29) is 5.41 Å². The minimum Gasteiger partial charge on any atom is -0.301 e. The summed E-state index contributed by atoms with van der Waals surface area (Å²) < 4.78 is 0. The summed E-state index contributed by atoms with van der Waals surface area (Å²) in [6, 6.07) is 12.6. The summed E-state index contributed by atoms with van der Waals surface area (Å²) in [5, 5.41) is 8.93. The van der Waals surface area contributed by atoms with Crippen LogP contribution in [0.25, 0.3) is 0 Å². The van der Waals surface area contributed by atoms with Crippen molar-refractivity contribution in [3.8, 4) is 6.07 Å². The van der Waals surface area contributed by atoms with Crippen LogP contribution in [0.4, 0.5) is 0 Å². The third kappa shape index (κ3) is 4.14. The molecule has 0 saturated heterocycles. The Kier molecular flexibility index (Phi) is 3.88. The molecule has 0 unspecified atom stereocenters. The number of benzene rings is 1. The molecule has 0 heterocycles. The van der Waals surface area contributed by atoms with E-state index in [0.29, 0.717) is 0 Å². The van der Waals surface area contributed by atoms with Gasteiger partial charge in [-0.15, -0.1) is 0 Å². The predicted octanol–water partition coefficient (Wildman–Crippen LogP) is 2.67. The summed E-state index contributed by atoms with van der Waals surface area (Å²) in [6.45, 7) is 5.62. The molecule has 1 aromatic carbocycles. The van der Waals surface area contributed by atoms with Gasteiger partial charge in [0.1, 0.15) is 0 Å². The Morgan fingerprint density at radius 3 is 2.40 bits per heavy atom. The first kappa shape index (κ1) is 11.7. The van der Waals surface area contributed by atoms with Crippen molar-refractivity contribution in [3.05, 3.63) is 35.9 Å². The van der Waals surface area contributed by atoms with Crippen LogP contribution in [0.15, 0.2) is 30.3 Å². The van der Waals surface area contributed by atoms with Crippen molar-refractivity contribution >= 4 is 0 Å². The molecule has 80 valence electrons. The van der Waals surface area contributed by atoms with Gasteiger partial charge in [0, 0.05) is 13.1 Å². The van der Waals surface area contributed by atoms with Crippen LogP contribution in [-0.2, 0) is 6.54 Å². The van der Waals surface area contributed by atoms with Crippen molar-refractivity contribution < 1.29 is 0 Å². The zero-order valence-electron chi connectivity index (χ0n) is 9.70. The van der Waals surface area contributed by atoms with Gasteiger partial charge in [0.2, 0.25) is 0 Å². The molecular formula is C13H18N2. The summed E-state index contributed by atoms with van der Waals surface area (Å²) in [5.41, 5.74) is 1.01. The number of nitrogens with zero attached hydrogens (tertiary/aromatic N) is 2. The van der Waals surface area contributed by atoms with E-state index in [4.69, 9.17) is 5.26 Å². The molecule has 0 saturated carbocycles. The Morgan fingerprint density at radius 1 is 1.27 bits per heavy atom. The Bertz CT molecular complexity index is 335. The molecule has 2 heteroatoms. The predicted molar refractivity (Wildman–Crippen MR) is 62.2 cm³/mol. The van der Waals surface area contributed by atoms with Crippen LogP contribution in [0.5, 0.6) is 0 Å². The zero-order chi connectivity index (χ0) is 11.3. The van der Waals surface area contributed by atoms with Gasteiger partial charge < -0.3 is 4.90 Å². The van der Waals surface area contributed by atoms with Crippen molar-refractivity contribution in [2.24, 2.45) is 5.41 Å². The first-order valence-corrected chi connectivity index (χ1v) is 5.17. The van der Waals surface area contributed by atoms with Gasteiger partial charge in [0.05, 0.1) is 11.5 Å². The van der Waals surface area contributed by atoms with E-state index >= 15 is 0 Å². The lowest BCUT2D eigenvalue weighted by Crippen LogP contribution is -2.29. The minimum absolute atomic E-state index is 0.274. The molecule has 1 rings (SSSR count). The molecule has 0 amide bonds. The highest BCUT2D eigenvalue weighted by atomic mass is 15.1. The average Bonchev–Trinajstić information content (AvgIpc) is 2.18. The van der Waals surface area contributed by atoms with Crippen LogP contribution in [0.1, 0.15) is 19.4 Å². The van der Waals surface area contributed by atoms with Gasteiger partial charge in [-0.2, -0.15) is 5.26 Å². The van der Waals surface area contributed by atoms with Crippen molar-refractivity contribution in [3.63, 3.8) is 0 Å². The molecule has 0 aromatic heterocycles. The fourth-order valence-corrected chi connectivity index (χ4v) is 1.66. The molecule has 0 fully saturated rings. The monoisotopic (exact) mass is 202 g/mol. The summed E-state index contributed by atoms with van der Waals surface area (Å²) in [6.07, 6.45) is 0. The number of hydrogen-bond acceptors (Lipinski definition) is 2. The summed E-state index contributed by atoms with van der Waals surface area (Å²) in [5.74, 6) is 0. The fourth-order valence-electron chi connectivity index (χ4n) is 1.66. The lowest BCUT2D eigenvalue weighted by atomic mass is 9.95. The summed E-state index contributed by atoms with van der Waals surface area (Å²) in [4.78, 5) is 2.18. The van der Waals surface area contributed by atoms with Crippen molar-refractivity contribution in [2.45, 2.75) is 20.4 Å². The normalized spacial score (nSPS) is 11.4. The SMILES string of the molecule is CN(Cc1ccccc1)CC(C)(C)C#N. The Balaban J connectivity index is 2.51. The second kappa shape index (κ2) is 4.95. The molecule has 0 spiro atoms. The van der Waals surface area contributed by atoms with Gasteiger partial charge in [0.15, 0.2) is 0 Å². The van der Waals surface area contributed by atoms with Crippen LogP contribution in [0.3, 0.4) is 0 Å². The minimum atomic E-state index is -0.274. The van der Waals surface area contributed by atoms with Crippen LogP contribution >= 0.6 is 0 Å². The molecule has 0 radical (unpaired) electrons. The Morgan fingerprint density at radius 2 is 1.87 bits per heavy atom. The quantitative estimate of drug-likeness (QED) is 0.750. The summed E-state index contributed by atoms with van der Waals surface area (Å²) >= 11 is 0. The molecule has 0 atom stereocenters. The van der Waals surface area contributed by atoms with E-state index < -0.39 is 0 Å². The third-order valence-electron chi connectivity index (χ3n) is 2.26. The molecule has 2 nitrogen and oxygen atoms in total. The second-order valence-corrected chi connectivity index (χ2v) is 4.65. The molecular weight excluding hydrogens is 184 g/mol. The van der Waals surface area contributed by atoms with Crippen molar-refractivity contribution in [2.75, 3.05) is 13.6 Å². The third-order valence-corrected chi connectivity index (χ3v) is 2.26. The number of rotatable bonds is 4. The molecule has 0 bridgehead atoms. The van der Waals surface area contributed by atoms with Crippen molar-refractivity contribution in [1.82, 2.24) is 4.90 Å². The second-order valence-electron chi connectivity index (χ2n) is 4.65. The molecule has 0 aliphatic carbocycles. The van der Waals surface area contributed by atoms with E-state index in [9.17, 15) is 0 Å². The van der Waals surface area contributed by atoms with E-state index in [1.807, 2.05) is 39.1 Å². The van der Waals surface area contributed by atoms with Gasteiger partial charge >= 0.3 is 0 Å². The van der Waals surface area contributed by atoms with Gasteiger partial charge in [-0.25, -0.2) is 0 Å². The Hall–Kier alpha value is -1.33. The largest absolute Gasteiger partial charge is 0.301 e. The standard InChI is InChI=1S/C13H18N2/c1-13(2,10-14)11-15(3)9-12-7-5-4-6-8-12/h4-8H,9,11H2,1-3H3.